The molecule has 1 heterocycles. The van der Waals surface area contributed by atoms with E-state index >= 15 is 0 Å². The lowest BCUT2D eigenvalue weighted by molar-refractivity contribution is 0.733. The zero-order valence-electron chi connectivity index (χ0n) is 12.4. The van der Waals surface area contributed by atoms with Gasteiger partial charge < -0.3 is 0 Å². The minimum atomic E-state index is 0.542. The van der Waals surface area contributed by atoms with Crippen LogP contribution in [0, 0.1) is 0 Å². The third-order valence-corrected chi connectivity index (χ3v) is 4.45. The Morgan fingerprint density at radius 2 is 1.71 bits per heavy atom. The first kappa shape index (κ1) is 12.4. The average Bonchev–Trinajstić information content (AvgIpc) is 2.85. The van der Waals surface area contributed by atoms with E-state index in [1.165, 1.54) is 27.9 Å². The van der Waals surface area contributed by atoms with Crippen LogP contribution in [0.5, 0.6) is 0 Å². The molecule has 0 saturated heterocycles. The van der Waals surface area contributed by atoms with E-state index in [1.807, 2.05) is 4.68 Å². The molecule has 3 aromatic rings. The normalized spacial score (nSPS) is 16.4. The molecule has 0 bridgehead atoms. The van der Waals surface area contributed by atoms with Crippen LogP contribution in [0.2, 0.25) is 0 Å². The Morgan fingerprint density at radius 1 is 1.00 bits per heavy atom. The Labute approximate surface area is 125 Å². The molecular weight excluding hydrogens is 256 g/mol. The third kappa shape index (κ3) is 1.83. The van der Waals surface area contributed by atoms with Gasteiger partial charge >= 0.3 is 0 Å². The van der Waals surface area contributed by atoms with E-state index in [4.69, 9.17) is 5.10 Å². The van der Waals surface area contributed by atoms with Crippen LogP contribution in [0.3, 0.4) is 0 Å². The van der Waals surface area contributed by atoms with Gasteiger partial charge in [-0.2, -0.15) is 5.10 Å². The highest BCUT2D eigenvalue weighted by molar-refractivity contribution is 5.78. The van der Waals surface area contributed by atoms with Crippen LogP contribution in [0.15, 0.2) is 54.6 Å². The van der Waals surface area contributed by atoms with Crippen molar-refractivity contribution in [3.63, 3.8) is 0 Å². The lowest BCUT2D eigenvalue weighted by atomic mass is 9.81. The van der Waals surface area contributed by atoms with E-state index in [0.29, 0.717) is 5.92 Å². The van der Waals surface area contributed by atoms with Gasteiger partial charge in [0.25, 0.3) is 0 Å². The highest BCUT2D eigenvalue weighted by Crippen LogP contribution is 2.42. The molecule has 1 unspecified atom stereocenters. The first-order valence-electron chi connectivity index (χ1n) is 7.46. The average molecular weight is 274 g/mol. The first-order valence-corrected chi connectivity index (χ1v) is 7.46. The van der Waals surface area contributed by atoms with Crippen LogP contribution in [0.4, 0.5) is 0 Å². The smallest absolute Gasteiger partial charge is 0.0961 e. The molecule has 1 aliphatic rings. The standard InChI is InChI=1S/C19H18N2/c1-13-12-17-18(14-8-4-3-5-9-14)20-21(2)19(17)16-11-7-6-10-15(13)16/h3-11,13H,12H2,1-2H3. The van der Waals surface area contributed by atoms with Crippen molar-refractivity contribution in [1.29, 1.82) is 0 Å². The quantitative estimate of drug-likeness (QED) is 0.642. The van der Waals surface area contributed by atoms with Gasteiger partial charge in [-0.05, 0) is 17.9 Å². The molecule has 1 aliphatic carbocycles. The summed E-state index contributed by atoms with van der Waals surface area (Å²) in [6.45, 7) is 2.31. The van der Waals surface area contributed by atoms with Crippen LogP contribution >= 0.6 is 0 Å². The Morgan fingerprint density at radius 3 is 2.52 bits per heavy atom. The molecule has 0 saturated carbocycles. The zero-order chi connectivity index (χ0) is 14.4. The fraction of sp³-hybridized carbons (Fsp3) is 0.211. The summed E-state index contributed by atoms with van der Waals surface area (Å²) >= 11 is 0. The second-order valence-corrected chi connectivity index (χ2v) is 5.86. The van der Waals surface area contributed by atoms with Gasteiger partial charge in [-0.3, -0.25) is 4.68 Å². The Hall–Kier alpha value is -2.35. The number of aryl methyl sites for hydroxylation is 1. The summed E-state index contributed by atoms with van der Waals surface area (Å²) in [7, 11) is 2.05. The zero-order valence-corrected chi connectivity index (χ0v) is 12.4. The molecule has 2 nitrogen and oxygen atoms in total. The maximum atomic E-state index is 4.81. The van der Waals surface area contributed by atoms with Crippen molar-refractivity contribution in [2.24, 2.45) is 7.05 Å². The van der Waals surface area contributed by atoms with E-state index in [9.17, 15) is 0 Å². The highest BCUT2D eigenvalue weighted by atomic mass is 15.3. The van der Waals surface area contributed by atoms with Crippen LogP contribution in [0.1, 0.15) is 24.0 Å². The van der Waals surface area contributed by atoms with Gasteiger partial charge in [0.1, 0.15) is 0 Å². The van der Waals surface area contributed by atoms with E-state index in [1.54, 1.807) is 0 Å². The molecule has 0 radical (unpaired) electrons. The van der Waals surface area contributed by atoms with Crippen LogP contribution in [0.25, 0.3) is 22.5 Å². The van der Waals surface area contributed by atoms with Crippen molar-refractivity contribution in [2.45, 2.75) is 19.3 Å². The molecule has 21 heavy (non-hydrogen) atoms. The fourth-order valence-corrected chi connectivity index (χ4v) is 3.48. The summed E-state index contributed by atoms with van der Waals surface area (Å²) in [4.78, 5) is 0. The molecule has 4 rings (SSSR count). The third-order valence-electron chi connectivity index (χ3n) is 4.45. The predicted molar refractivity (Wildman–Crippen MR) is 86.2 cm³/mol. The molecule has 0 fully saturated rings. The summed E-state index contributed by atoms with van der Waals surface area (Å²) in [5.41, 5.74) is 7.78. The van der Waals surface area contributed by atoms with Gasteiger partial charge in [0.15, 0.2) is 0 Å². The lowest BCUT2D eigenvalue weighted by Crippen LogP contribution is -2.09. The molecule has 104 valence electrons. The largest absolute Gasteiger partial charge is 0.267 e. The monoisotopic (exact) mass is 274 g/mol. The molecule has 0 aliphatic heterocycles. The molecule has 0 amide bonds. The van der Waals surface area contributed by atoms with Crippen LogP contribution in [-0.2, 0) is 13.5 Å². The van der Waals surface area contributed by atoms with Gasteiger partial charge in [-0.1, -0.05) is 61.5 Å². The Kier molecular flexibility index (Phi) is 2.71. The van der Waals surface area contributed by atoms with Crippen LogP contribution in [-0.4, -0.2) is 9.78 Å². The highest BCUT2D eigenvalue weighted by Gasteiger charge is 2.27. The van der Waals surface area contributed by atoms with Gasteiger partial charge in [0, 0.05) is 23.7 Å². The number of hydrogen-bond acceptors (Lipinski definition) is 1. The van der Waals surface area contributed by atoms with E-state index in [0.717, 1.165) is 12.1 Å². The predicted octanol–water partition coefficient (Wildman–Crippen LogP) is 4.41. The number of nitrogens with zero attached hydrogens (tertiary/aromatic N) is 2. The van der Waals surface area contributed by atoms with E-state index < -0.39 is 0 Å². The topological polar surface area (TPSA) is 17.8 Å². The number of hydrogen-bond donors (Lipinski definition) is 0. The molecular formula is C19H18N2. The minimum absolute atomic E-state index is 0.542. The molecule has 2 heteroatoms. The number of benzene rings is 2. The Bertz CT molecular complexity index is 800. The minimum Gasteiger partial charge on any atom is -0.267 e. The second kappa shape index (κ2) is 4.59. The molecule has 2 aromatic carbocycles. The molecule has 0 N–H and O–H groups in total. The van der Waals surface area contributed by atoms with Crippen molar-refractivity contribution in [2.75, 3.05) is 0 Å². The fourth-order valence-electron chi connectivity index (χ4n) is 3.48. The maximum Gasteiger partial charge on any atom is 0.0961 e. The Balaban J connectivity index is 1.99. The van der Waals surface area contributed by atoms with Crippen molar-refractivity contribution in [3.05, 3.63) is 65.7 Å². The molecule has 0 spiro atoms. The van der Waals surface area contributed by atoms with Crippen molar-refractivity contribution >= 4 is 0 Å². The SMILES string of the molecule is CC1Cc2c(-c3ccccc3)nn(C)c2-c2ccccc21. The van der Waals surface area contributed by atoms with E-state index in [-0.39, 0.29) is 0 Å². The summed E-state index contributed by atoms with van der Waals surface area (Å²) in [6, 6.07) is 19.2. The first-order chi connectivity index (χ1) is 10.3. The summed E-state index contributed by atoms with van der Waals surface area (Å²) < 4.78 is 2.04. The van der Waals surface area contributed by atoms with Gasteiger partial charge in [-0.25, -0.2) is 0 Å². The summed E-state index contributed by atoms with van der Waals surface area (Å²) in [5.74, 6) is 0.542. The number of rotatable bonds is 1. The van der Waals surface area contributed by atoms with Crippen molar-refractivity contribution in [1.82, 2.24) is 9.78 Å². The summed E-state index contributed by atoms with van der Waals surface area (Å²) in [6.07, 6.45) is 1.06. The molecule has 1 aromatic heterocycles. The van der Waals surface area contributed by atoms with Crippen molar-refractivity contribution in [3.8, 4) is 22.5 Å². The lowest BCUT2D eigenvalue weighted by Gasteiger charge is -2.23. The second-order valence-electron chi connectivity index (χ2n) is 5.86. The number of fused-ring (bicyclic) bond motifs is 3. The van der Waals surface area contributed by atoms with Gasteiger partial charge in [-0.15, -0.1) is 0 Å². The van der Waals surface area contributed by atoms with Crippen LogP contribution < -0.4 is 0 Å². The maximum absolute atomic E-state index is 4.81. The summed E-state index contributed by atoms with van der Waals surface area (Å²) in [5, 5.41) is 4.81. The van der Waals surface area contributed by atoms with Gasteiger partial charge in [0.05, 0.1) is 11.4 Å². The van der Waals surface area contributed by atoms with E-state index in [2.05, 4.69) is 68.6 Å². The van der Waals surface area contributed by atoms with Gasteiger partial charge in [0.2, 0.25) is 0 Å². The van der Waals surface area contributed by atoms with Crippen molar-refractivity contribution < 1.29 is 0 Å². The molecule has 1 atom stereocenters. The number of aromatic nitrogens is 2.